The van der Waals surface area contributed by atoms with Crippen molar-refractivity contribution in [1.29, 1.82) is 0 Å². The van der Waals surface area contributed by atoms with E-state index >= 15 is 0 Å². The van der Waals surface area contributed by atoms with Crippen molar-refractivity contribution in [1.82, 2.24) is 19.4 Å². The second kappa shape index (κ2) is 6.70. The quantitative estimate of drug-likeness (QED) is 0.850. The van der Waals surface area contributed by atoms with E-state index in [0.717, 1.165) is 0 Å². The number of aromatic nitrogens is 3. The molecule has 2 aromatic heterocycles. The summed E-state index contributed by atoms with van der Waals surface area (Å²) in [5.74, 6) is 0.635. The molecule has 24 heavy (non-hydrogen) atoms. The van der Waals surface area contributed by atoms with E-state index in [1.54, 1.807) is 48.7 Å². The molecule has 1 amide bonds. The van der Waals surface area contributed by atoms with Crippen LogP contribution in [0.25, 0.3) is 5.82 Å². The van der Waals surface area contributed by atoms with Crippen molar-refractivity contribution < 1.29 is 14.3 Å². The summed E-state index contributed by atoms with van der Waals surface area (Å²) < 4.78 is 12.9. The Morgan fingerprint density at radius 2 is 2.29 bits per heavy atom. The molecule has 0 unspecified atom stereocenters. The maximum absolute atomic E-state index is 12.9. The molecule has 0 aromatic carbocycles. The van der Waals surface area contributed by atoms with Crippen LogP contribution >= 0.6 is 0 Å². The van der Waals surface area contributed by atoms with Gasteiger partial charge in [0, 0.05) is 44.4 Å². The lowest BCUT2D eigenvalue weighted by Crippen LogP contribution is -2.55. The van der Waals surface area contributed by atoms with E-state index in [2.05, 4.69) is 9.97 Å². The molecule has 128 valence electrons. The standard InChI is InChI=1S/C17H22N4O3/c1-17(2)11-21(9-14(24-17)10-23-3)16(22)13-4-5-19-15(8-13)20-7-6-18-12-20/h4-8,12,14H,9-11H2,1-3H3/t14-/m1/s1. The van der Waals surface area contributed by atoms with Crippen molar-refractivity contribution in [2.24, 2.45) is 0 Å². The van der Waals surface area contributed by atoms with Crippen molar-refractivity contribution in [2.45, 2.75) is 25.6 Å². The van der Waals surface area contributed by atoms with Gasteiger partial charge in [-0.3, -0.25) is 9.36 Å². The Labute approximate surface area is 141 Å². The van der Waals surface area contributed by atoms with Crippen LogP contribution in [-0.4, -0.2) is 63.9 Å². The molecule has 0 radical (unpaired) electrons. The molecule has 0 aliphatic carbocycles. The summed E-state index contributed by atoms with van der Waals surface area (Å²) in [6, 6.07) is 3.51. The fourth-order valence-electron chi connectivity index (χ4n) is 2.99. The number of hydrogen-bond donors (Lipinski definition) is 0. The Kier molecular flexibility index (Phi) is 4.64. The largest absolute Gasteiger partial charge is 0.382 e. The summed E-state index contributed by atoms with van der Waals surface area (Å²) in [6.07, 6.45) is 6.64. The number of methoxy groups -OCH3 is 1. The van der Waals surface area contributed by atoms with E-state index in [4.69, 9.17) is 9.47 Å². The van der Waals surface area contributed by atoms with Crippen LogP contribution in [0.2, 0.25) is 0 Å². The normalized spacial score (nSPS) is 20.1. The Morgan fingerprint density at radius 3 is 3.00 bits per heavy atom. The second-order valence-corrected chi connectivity index (χ2v) is 6.51. The number of nitrogens with zero attached hydrogens (tertiary/aromatic N) is 4. The predicted molar refractivity (Wildman–Crippen MR) is 88.1 cm³/mol. The van der Waals surface area contributed by atoms with Crippen molar-refractivity contribution in [2.75, 3.05) is 26.8 Å². The van der Waals surface area contributed by atoms with Gasteiger partial charge in [0.25, 0.3) is 5.91 Å². The highest BCUT2D eigenvalue weighted by molar-refractivity contribution is 5.94. The van der Waals surface area contributed by atoms with Gasteiger partial charge >= 0.3 is 0 Å². The van der Waals surface area contributed by atoms with Crippen LogP contribution in [0.15, 0.2) is 37.1 Å². The number of carbonyl (C=O) groups is 1. The molecule has 0 spiro atoms. The number of rotatable bonds is 4. The first kappa shape index (κ1) is 16.6. The van der Waals surface area contributed by atoms with E-state index in [9.17, 15) is 4.79 Å². The molecule has 3 heterocycles. The molecule has 0 N–H and O–H groups in total. The van der Waals surface area contributed by atoms with Gasteiger partial charge in [0.05, 0.1) is 18.3 Å². The monoisotopic (exact) mass is 330 g/mol. The minimum absolute atomic E-state index is 0.0313. The van der Waals surface area contributed by atoms with E-state index in [1.165, 1.54) is 0 Å². The summed E-state index contributed by atoms with van der Waals surface area (Å²) in [7, 11) is 1.64. The molecule has 7 heteroatoms. The third-order valence-electron chi connectivity index (χ3n) is 3.88. The molecule has 1 fully saturated rings. The zero-order chi connectivity index (χ0) is 17.2. The van der Waals surface area contributed by atoms with Gasteiger partial charge in [-0.15, -0.1) is 0 Å². The number of morpholine rings is 1. The molecule has 1 aliphatic rings. The first-order valence-corrected chi connectivity index (χ1v) is 7.89. The van der Waals surface area contributed by atoms with Gasteiger partial charge in [-0.1, -0.05) is 0 Å². The van der Waals surface area contributed by atoms with E-state index < -0.39 is 5.60 Å². The van der Waals surface area contributed by atoms with Gasteiger partial charge in [-0.25, -0.2) is 9.97 Å². The van der Waals surface area contributed by atoms with Gasteiger partial charge in [0.1, 0.15) is 12.1 Å². The van der Waals surface area contributed by atoms with Gasteiger partial charge < -0.3 is 14.4 Å². The average molecular weight is 330 g/mol. The topological polar surface area (TPSA) is 69.5 Å². The molecule has 0 saturated carbocycles. The van der Waals surface area contributed by atoms with Gasteiger partial charge in [0.2, 0.25) is 0 Å². The molecular weight excluding hydrogens is 308 g/mol. The van der Waals surface area contributed by atoms with Crippen molar-refractivity contribution in [3.05, 3.63) is 42.6 Å². The maximum atomic E-state index is 12.9. The fraction of sp³-hybridized carbons (Fsp3) is 0.471. The Bertz CT molecular complexity index is 700. The Balaban J connectivity index is 1.81. The lowest BCUT2D eigenvalue weighted by molar-refractivity contribution is -0.143. The number of pyridine rings is 1. The number of hydrogen-bond acceptors (Lipinski definition) is 5. The van der Waals surface area contributed by atoms with Crippen LogP contribution in [-0.2, 0) is 9.47 Å². The highest BCUT2D eigenvalue weighted by atomic mass is 16.5. The van der Waals surface area contributed by atoms with Crippen LogP contribution in [0.1, 0.15) is 24.2 Å². The lowest BCUT2D eigenvalue weighted by atomic mass is 10.0. The summed E-state index contributed by atoms with van der Waals surface area (Å²) in [6.45, 7) is 5.48. The zero-order valence-electron chi connectivity index (χ0n) is 14.2. The van der Waals surface area contributed by atoms with Crippen LogP contribution in [0.3, 0.4) is 0 Å². The second-order valence-electron chi connectivity index (χ2n) is 6.51. The molecule has 1 atom stereocenters. The summed E-state index contributed by atoms with van der Waals surface area (Å²) in [4.78, 5) is 23.1. The van der Waals surface area contributed by atoms with Crippen LogP contribution in [0.5, 0.6) is 0 Å². The molecule has 3 rings (SSSR count). The Morgan fingerprint density at radius 1 is 1.46 bits per heavy atom. The number of carbonyl (C=O) groups excluding carboxylic acids is 1. The SMILES string of the molecule is COC[C@H]1CN(C(=O)c2ccnc(-n3ccnc3)c2)CC(C)(C)O1. The smallest absolute Gasteiger partial charge is 0.254 e. The van der Waals surface area contributed by atoms with E-state index in [-0.39, 0.29) is 12.0 Å². The van der Waals surface area contributed by atoms with Gasteiger partial charge in [-0.05, 0) is 26.0 Å². The number of imidazole rings is 1. The zero-order valence-corrected chi connectivity index (χ0v) is 14.2. The summed E-state index contributed by atoms with van der Waals surface area (Å²) in [5, 5.41) is 0. The molecular formula is C17H22N4O3. The Hall–Kier alpha value is -2.25. The fourth-order valence-corrected chi connectivity index (χ4v) is 2.99. The first-order chi connectivity index (χ1) is 11.5. The van der Waals surface area contributed by atoms with Crippen LogP contribution in [0, 0.1) is 0 Å². The minimum Gasteiger partial charge on any atom is -0.382 e. The lowest BCUT2D eigenvalue weighted by Gasteiger charge is -2.42. The highest BCUT2D eigenvalue weighted by Gasteiger charge is 2.35. The van der Waals surface area contributed by atoms with Crippen LogP contribution < -0.4 is 0 Å². The third kappa shape index (κ3) is 3.63. The van der Waals surface area contributed by atoms with Crippen molar-refractivity contribution >= 4 is 5.91 Å². The minimum atomic E-state index is -0.405. The van der Waals surface area contributed by atoms with Crippen LogP contribution in [0.4, 0.5) is 0 Å². The number of amides is 1. The number of ether oxygens (including phenoxy) is 2. The average Bonchev–Trinajstić information content (AvgIpc) is 3.07. The molecule has 0 bridgehead atoms. The maximum Gasteiger partial charge on any atom is 0.254 e. The van der Waals surface area contributed by atoms with E-state index in [1.807, 2.05) is 18.7 Å². The van der Waals surface area contributed by atoms with Crippen molar-refractivity contribution in [3.63, 3.8) is 0 Å². The molecule has 2 aromatic rings. The molecule has 1 saturated heterocycles. The summed E-state index contributed by atoms with van der Waals surface area (Å²) >= 11 is 0. The highest BCUT2D eigenvalue weighted by Crippen LogP contribution is 2.23. The predicted octanol–water partition coefficient (Wildman–Crippen LogP) is 1.53. The van der Waals surface area contributed by atoms with Gasteiger partial charge in [0.15, 0.2) is 0 Å². The van der Waals surface area contributed by atoms with Crippen molar-refractivity contribution in [3.8, 4) is 5.82 Å². The summed E-state index contributed by atoms with van der Waals surface area (Å²) in [5.41, 5.74) is 0.194. The third-order valence-corrected chi connectivity index (χ3v) is 3.88. The van der Waals surface area contributed by atoms with Gasteiger partial charge in [-0.2, -0.15) is 0 Å². The molecule has 7 nitrogen and oxygen atoms in total. The van der Waals surface area contributed by atoms with E-state index in [0.29, 0.717) is 31.1 Å². The first-order valence-electron chi connectivity index (χ1n) is 7.89. The molecule has 1 aliphatic heterocycles.